The topological polar surface area (TPSA) is 52.6 Å². The minimum absolute atomic E-state index is 0.0443. The molecular formula is C31H38FN5O. The van der Waals surface area contributed by atoms with E-state index in [0.717, 1.165) is 63.3 Å². The highest BCUT2D eigenvalue weighted by Crippen LogP contribution is 2.34. The summed E-state index contributed by atoms with van der Waals surface area (Å²) in [5.74, 6) is -0.119. The Morgan fingerprint density at radius 1 is 0.947 bits per heavy atom. The molecule has 1 aromatic heterocycles. The van der Waals surface area contributed by atoms with E-state index < -0.39 is 0 Å². The van der Waals surface area contributed by atoms with Crippen LogP contribution in [0, 0.1) is 19.7 Å². The molecule has 38 heavy (non-hydrogen) atoms. The Morgan fingerprint density at radius 2 is 1.55 bits per heavy atom. The van der Waals surface area contributed by atoms with Crippen LogP contribution in [0.5, 0.6) is 0 Å². The van der Waals surface area contributed by atoms with Gasteiger partial charge >= 0.3 is 0 Å². The van der Waals surface area contributed by atoms with Gasteiger partial charge in [-0.05, 0) is 64.2 Å². The molecule has 2 fully saturated rings. The quantitative estimate of drug-likeness (QED) is 0.440. The summed E-state index contributed by atoms with van der Waals surface area (Å²) in [6.07, 6.45) is 5.37. The number of aromatic nitrogens is 2. The molecule has 0 aliphatic carbocycles. The zero-order chi connectivity index (χ0) is 26.7. The van der Waals surface area contributed by atoms with Crippen molar-refractivity contribution in [1.29, 1.82) is 0 Å². The van der Waals surface area contributed by atoms with Crippen molar-refractivity contribution in [3.8, 4) is 0 Å². The normalized spacial score (nSPS) is 18.4. The molecule has 5 rings (SSSR count). The zero-order valence-electron chi connectivity index (χ0n) is 22.7. The van der Waals surface area contributed by atoms with Crippen LogP contribution in [0.1, 0.15) is 59.9 Å². The third-order valence-electron chi connectivity index (χ3n) is 8.59. The van der Waals surface area contributed by atoms with Gasteiger partial charge in [-0.15, -0.1) is 0 Å². The van der Waals surface area contributed by atoms with Crippen LogP contribution in [-0.2, 0) is 6.54 Å². The number of benzene rings is 2. The maximum Gasteiger partial charge on any atom is 0.257 e. The summed E-state index contributed by atoms with van der Waals surface area (Å²) in [5.41, 5.74) is 4.06. The molecule has 3 heterocycles. The highest BCUT2D eigenvalue weighted by atomic mass is 19.1. The van der Waals surface area contributed by atoms with Gasteiger partial charge < -0.3 is 9.80 Å². The monoisotopic (exact) mass is 515 g/mol. The Labute approximate surface area is 225 Å². The molecule has 2 saturated heterocycles. The maximum absolute atomic E-state index is 14.9. The number of halogens is 1. The van der Waals surface area contributed by atoms with Crippen molar-refractivity contribution >= 4 is 11.6 Å². The lowest BCUT2D eigenvalue weighted by Gasteiger charge is -2.50. The Kier molecular flexibility index (Phi) is 7.75. The maximum atomic E-state index is 14.9. The van der Waals surface area contributed by atoms with E-state index >= 15 is 0 Å². The average Bonchev–Trinajstić information content (AvgIpc) is 2.93. The van der Waals surface area contributed by atoms with Crippen LogP contribution < -0.4 is 4.90 Å². The molecule has 0 unspecified atom stereocenters. The first-order valence-corrected chi connectivity index (χ1v) is 13.7. The molecule has 6 nitrogen and oxygen atoms in total. The van der Waals surface area contributed by atoms with E-state index in [9.17, 15) is 9.18 Å². The van der Waals surface area contributed by atoms with Gasteiger partial charge in [0.2, 0.25) is 0 Å². The molecule has 7 heteroatoms. The Hall–Kier alpha value is -3.32. The number of likely N-dealkylation sites (tertiary alicyclic amines) is 2. The van der Waals surface area contributed by atoms with Crippen molar-refractivity contribution in [3.05, 3.63) is 89.3 Å². The van der Waals surface area contributed by atoms with Crippen molar-refractivity contribution in [2.45, 2.75) is 64.6 Å². The summed E-state index contributed by atoms with van der Waals surface area (Å²) in [6.45, 7) is 10.2. The van der Waals surface area contributed by atoms with E-state index in [1.165, 1.54) is 11.9 Å². The summed E-state index contributed by atoms with van der Waals surface area (Å²) in [6, 6.07) is 17.8. The molecule has 0 radical (unpaired) electrons. The van der Waals surface area contributed by atoms with Crippen molar-refractivity contribution < 1.29 is 9.18 Å². The Balaban J connectivity index is 1.23. The second-order valence-corrected chi connectivity index (χ2v) is 11.0. The summed E-state index contributed by atoms with van der Waals surface area (Å²) < 4.78 is 14.9. The number of piperidine rings is 2. The Bertz CT molecular complexity index is 1230. The minimum atomic E-state index is -0.163. The van der Waals surface area contributed by atoms with Crippen molar-refractivity contribution in [2.75, 3.05) is 31.1 Å². The van der Waals surface area contributed by atoms with Gasteiger partial charge in [0.1, 0.15) is 12.1 Å². The van der Waals surface area contributed by atoms with E-state index in [1.54, 1.807) is 12.1 Å². The van der Waals surface area contributed by atoms with Gasteiger partial charge in [0.15, 0.2) is 0 Å². The second kappa shape index (κ2) is 11.2. The van der Waals surface area contributed by atoms with Gasteiger partial charge in [0, 0.05) is 44.3 Å². The van der Waals surface area contributed by atoms with Gasteiger partial charge in [0.25, 0.3) is 5.91 Å². The molecule has 0 N–H and O–H groups in total. The van der Waals surface area contributed by atoms with Crippen LogP contribution >= 0.6 is 0 Å². The number of nitrogens with zero attached hydrogens (tertiary/aromatic N) is 5. The largest absolute Gasteiger partial charge is 0.362 e. The SMILES string of the molecule is Cc1ncnc(C)c1C(=O)N1CCC(C)(N2CCC(N(Cc3ccccc3)c3ccccc3F)CC2)CC1. The van der Waals surface area contributed by atoms with Crippen LogP contribution in [-0.4, -0.2) is 63.4 Å². The molecule has 0 atom stereocenters. The number of rotatable bonds is 6. The zero-order valence-corrected chi connectivity index (χ0v) is 22.7. The standard InChI is InChI=1S/C31H38FN5O/c1-23-29(24(2)34-22-33-23)30(38)35-19-15-31(3,16-20-35)36-17-13-26(14-18-36)37(21-25-9-5-4-6-10-25)28-12-8-7-11-27(28)32/h4-12,22,26H,13-21H2,1-3H3. The second-order valence-electron chi connectivity index (χ2n) is 11.0. The fourth-order valence-electron chi connectivity index (χ4n) is 6.16. The van der Waals surface area contributed by atoms with E-state index in [2.05, 4.69) is 38.8 Å². The van der Waals surface area contributed by atoms with Crippen LogP contribution in [0.4, 0.5) is 10.1 Å². The number of anilines is 1. The minimum Gasteiger partial charge on any atom is -0.362 e. The first kappa shape index (κ1) is 26.3. The summed E-state index contributed by atoms with van der Waals surface area (Å²) in [4.78, 5) is 28.6. The van der Waals surface area contributed by atoms with Crippen molar-refractivity contribution in [1.82, 2.24) is 19.8 Å². The highest BCUT2D eigenvalue weighted by molar-refractivity contribution is 5.96. The molecule has 2 aromatic carbocycles. The van der Waals surface area contributed by atoms with Crippen LogP contribution in [0.2, 0.25) is 0 Å². The molecule has 1 amide bonds. The number of carbonyl (C=O) groups is 1. The lowest BCUT2D eigenvalue weighted by molar-refractivity contribution is 0.0170. The van der Waals surface area contributed by atoms with Gasteiger partial charge in [-0.2, -0.15) is 0 Å². The Morgan fingerprint density at radius 3 is 2.18 bits per heavy atom. The van der Waals surface area contributed by atoms with Gasteiger partial charge in [0.05, 0.1) is 22.6 Å². The molecule has 2 aliphatic rings. The summed E-state index contributed by atoms with van der Waals surface area (Å²) in [5, 5.41) is 0. The van der Waals surface area contributed by atoms with Crippen LogP contribution in [0.25, 0.3) is 0 Å². The van der Waals surface area contributed by atoms with Crippen molar-refractivity contribution in [2.24, 2.45) is 0 Å². The van der Waals surface area contributed by atoms with Gasteiger partial charge in [-0.25, -0.2) is 14.4 Å². The van der Waals surface area contributed by atoms with Crippen LogP contribution in [0.15, 0.2) is 60.9 Å². The summed E-state index contributed by atoms with van der Waals surface area (Å²) >= 11 is 0. The first-order valence-electron chi connectivity index (χ1n) is 13.7. The van der Waals surface area contributed by atoms with Crippen LogP contribution in [0.3, 0.4) is 0 Å². The third-order valence-corrected chi connectivity index (χ3v) is 8.59. The van der Waals surface area contributed by atoms with Crippen molar-refractivity contribution in [3.63, 3.8) is 0 Å². The fraction of sp³-hybridized carbons (Fsp3) is 0.452. The average molecular weight is 516 g/mol. The number of amides is 1. The van der Waals surface area contributed by atoms with E-state index in [1.807, 2.05) is 49.1 Å². The van der Waals surface area contributed by atoms with Gasteiger partial charge in [-0.3, -0.25) is 9.69 Å². The predicted octanol–water partition coefficient (Wildman–Crippen LogP) is 5.40. The molecule has 0 spiro atoms. The molecule has 0 bridgehead atoms. The number of para-hydroxylation sites is 1. The smallest absolute Gasteiger partial charge is 0.257 e. The van der Waals surface area contributed by atoms with E-state index in [4.69, 9.17) is 0 Å². The number of hydrogen-bond donors (Lipinski definition) is 0. The fourth-order valence-corrected chi connectivity index (χ4v) is 6.16. The molecule has 2 aliphatic heterocycles. The van der Waals surface area contributed by atoms with E-state index in [-0.39, 0.29) is 23.3 Å². The molecule has 3 aromatic rings. The lowest BCUT2D eigenvalue weighted by Crippen LogP contribution is -2.58. The van der Waals surface area contributed by atoms with Gasteiger partial charge in [-0.1, -0.05) is 42.5 Å². The lowest BCUT2D eigenvalue weighted by atomic mass is 9.85. The number of aryl methyl sites for hydroxylation is 2. The molecular weight excluding hydrogens is 477 g/mol. The number of hydrogen-bond acceptors (Lipinski definition) is 5. The van der Waals surface area contributed by atoms with E-state index in [0.29, 0.717) is 17.8 Å². The third kappa shape index (κ3) is 5.44. The molecule has 200 valence electrons. The molecule has 0 saturated carbocycles. The predicted molar refractivity (Wildman–Crippen MR) is 149 cm³/mol. The summed E-state index contributed by atoms with van der Waals surface area (Å²) in [7, 11) is 0. The number of carbonyl (C=O) groups excluding carboxylic acids is 1. The highest BCUT2D eigenvalue weighted by Gasteiger charge is 2.40. The first-order chi connectivity index (χ1) is 18.4.